The maximum absolute atomic E-state index is 12.8. The molecule has 1 aliphatic carbocycles. The number of methoxy groups -OCH3 is 1. The van der Waals surface area contributed by atoms with E-state index in [0.29, 0.717) is 12.5 Å². The summed E-state index contributed by atoms with van der Waals surface area (Å²) in [6.07, 6.45) is -2.80. The molecule has 1 fully saturated rings. The van der Waals surface area contributed by atoms with Crippen LogP contribution in [0, 0.1) is 16.0 Å². The molecule has 0 radical (unpaired) electrons. The third kappa shape index (κ3) is 6.89. The van der Waals surface area contributed by atoms with Gasteiger partial charge in [0.2, 0.25) is 0 Å². The molecule has 0 bridgehead atoms. The van der Waals surface area contributed by atoms with Gasteiger partial charge in [0.05, 0.1) is 11.0 Å². The fourth-order valence-corrected chi connectivity index (χ4v) is 2.33. The SMILES string of the molecule is CC.CC.COC1CC(CNc2ccc([N+](=O)[O-])c(C(F)(F)F)c2)C1. The van der Waals surface area contributed by atoms with Crippen molar-refractivity contribution < 1.29 is 22.8 Å². The molecule has 0 saturated heterocycles. The Hall–Kier alpha value is -1.83. The number of ether oxygens (including phenoxy) is 1. The number of hydrogen-bond donors (Lipinski definition) is 1. The van der Waals surface area contributed by atoms with Crippen LogP contribution in [0.5, 0.6) is 0 Å². The summed E-state index contributed by atoms with van der Waals surface area (Å²) in [6.45, 7) is 8.52. The Balaban J connectivity index is 0.00000134. The summed E-state index contributed by atoms with van der Waals surface area (Å²) in [7, 11) is 1.63. The molecule has 8 heteroatoms. The highest BCUT2D eigenvalue weighted by atomic mass is 19.4. The number of nitro benzene ring substituents is 1. The average molecular weight is 364 g/mol. The van der Waals surface area contributed by atoms with Crippen LogP contribution < -0.4 is 5.32 Å². The molecule has 0 aromatic heterocycles. The zero-order valence-corrected chi connectivity index (χ0v) is 15.3. The summed E-state index contributed by atoms with van der Waals surface area (Å²) in [5, 5.41) is 13.5. The second-order valence-electron chi connectivity index (χ2n) is 5.06. The van der Waals surface area contributed by atoms with Gasteiger partial charge in [-0.25, -0.2) is 0 Å². The molecule has 0 unspecified atom stereocenters. The molecule has 1 N–H and O–H groups in total. The molecular formula is C17H27F3N2O3. The van der Waals surface area contributed by atoms with E-state index in [0.717, 1.165) is 25.0 Å². The van der Waals surface area contributed by atoms with Gasteiger partial charge in [-0.3, -0.25) is 10.1 Å². The molecule has 0 heterocycles. The number of alkyl halides is 3. The Bertz CT molecular complexity index is 530. The first-order valence-corrected chi connectivity index (χ1v) is 8.43. The minimum absolute atomic E-state index is 0.222. The fraction of sp³-hybridized carbons (Fsp3) is 0.647. The molecule has 1 aliphatic rings. The van der Waals surface area contributed by atoms with Gasteiger partial charge < -0.3 is 10.1 Å². The number of rotatable bonds is 5. The van der Waals surface area contributed by atoms with Crippen LogP contribution in [0.25, 0.3) is 0 Å². The largest absolute Gasteiger partial charge is 0.423 e. The van der Waals surface area contributed by atoms with Crippen LogP contribution in [-0.4, -0.2) is 24.7 Å². The molecular weight excluding hydrogens is 337 g/mol. The average Bonchev–Trinajstić information content (AvgIpc) is 2.56. The Morgan fingerprint density at radius 3 is 2.24 bits per heavy atom. The Kier molecular flexibility index (Phi) is 10.1. The Morgan fingerprint density at radius 2 is 1.80 bits per heavy atom. The minimum Gasteiger partial charge on any atom is -0.385 e. The lowest BCUT2D eigenvalue weighted by Crippen LogP contribution is -2.34. The van der Waals surface area contributed by atoms with Gasteiger partial charge in [-0.05, 0) is 30.9 Å². The standard InChI is InChI=1S/C13H15F3N2O3.2C2H6/c1-21-10-4-8(5-10)7-17-9-2-3-12(18(19)20)11(6-9)13(14,15)16;2*1-2/h2-3,6,8,10,17H,4-5,7H2,1H3;2*1-2H3. The third-order valence-electron chi connectivity index (χ3n) is 3.62. The molecule has 5 nitrogen and oxygen atoms in total. The lowest BCUT2D eigenvalue weighted by molar-refractivity contribution is -0.388. The summed E-state index contributed by atoms with van der Waals surface area (Å²) >= 11 is 0. The van der Waals surface area contributed by atoms with Gasteiger partial charge in [-0.2, -0.15) is 13.2 Å². The van der Waals surface area contributed by atoms with Crippen LogP contribution in [0.4, 0.5) is 24.5 Å². The summed E-state index contributed by atoms with van der Waals surface area (Å²) < 4.78 is 43.6. The highest BCUT2D eigenvalue weighted by molar-refractivity contribution is 5.55. The molecule has 0 atom stereocenters. The van der Waals surface area contributed by atoms with Crippen LogP contribution in [-0.2, 0) is 10.9 Å². The number of hydrogen-bond acceptors (Lipinski definition) is 4. The number of nitrogens with zero attached hydrogens (tertiary/aromatic N) is 1. The van der Waals surface area contributed by atoms with E-state index in [1.807, 2.05) is 27.7 Å². The van der Waals surface area contributed by atoms with Crippen LogP contribution >= 0.6 is 0 Å². The summed E-state index contributed by atoms with van der Waals surface area (Å²) in [5.74, 6) is 0.347. The van der Waals surface area contributed by atoms with E-state index in [1.54, 1.807) is 7.11 Å². The summed E-state index contributed by atoms with van der Waals surface area (Å²) in [4.78, 5) is 9.62. The molecule has 25 heavy (non-hydrogen) atoms. The van der Waals surface area contributed by atoms with E-state index in [2.05, 4.69) is 5.32 Å². The van der Waals surface area contributed by atoms with Crippen molar-refractivity contribution in [3.8, 4) is 0 Å². The molecule has 0 spiro atoms. The molecule has 1 aromatic carbocycles. The van der Waals surface area contributed by atoms with Gasteiger partial charge in [0.15, 0.2) is 0 Å². The van der Waals surface area contributed by atoms with Crippen molar-refractivity contribution in [1.29, 1.82) is 0 Å². The predicted molar refractivity (Wildman–Crippen MR) is 92.8 cm³/mol. The second-order valence-corrected chi connectivity index (χ2v) is 5.06. The normalized spacial score (nSPS) is 18.7. The van der Waals surface area contributed by atoms with Crippen molar-refractivity contribution in [3.05, 3.63) is 33.9 Å². The van der Waals surface area contributed by atoms with Gasteiger partial charge in [0.1, 0.15) is 5.56 Å². The van der Waals surface area contributed by atoms with Crippen molar-refractivity contribution >= 4 is 11.4 Å². The quantitative estimate of drug-likeness (QED) is 0.553. The van der Waals surface area contributed by atoms with E-state index < -0.39 is 22.4 Å². The van der Waals surface area contributed by atoms with E-state index in [1.165, 1.54) is 6.07 Å². The summed E-state index contributed by atoms with van der Waals surface area (Å²) in [6, 6.07) is 2.95. The van der Waals surface area contributed by atoms with Crippen molar-refractivity contribution in [2.45, 2.75) is 52.8 Å². The van der Waals surface area contributed by atoms with Crippen LogP contribution in [0.1, 0.15) is 46.1 Å². The Morgan fingerprint density at radius 1 is 1.24 bits per heavy atom. The maximum Gasteiger partial charge on any atom is 0.423 e. The topological polar surface area (TPSA) is 64.4 Å². The van der Waals surface area contributed by atoms with Crippen molar-refractivity contribution in [3.63, 3.8) is 0 Å². The first kappa shape index (κ1) is 23.2. The lowest BCUT2D eigenvalue weighted by atomic mass is 9.82. The van der Waals surface area contributed by atoms with Crippen molar-refractivity contribution in [2.24, 2.45) is 5.92 Å². The van der Waals surface area contributed by atoms with E-state index in [9.17, 15) is 23.3 Å². The molecule has 144 valence electrons. The predicted octanol–water partition coefficient (Wildman–Crippen LogP) is 5.50. The van der Waals surface area contributed by atoms with Crippen molar-refractivity contribution in [2.75, 3.05) is 19.0 Å². The summed E-state index contributed by atoms with van der Waals surface area (Å²) in [5.41, 5.74) is -1.94. The number of nitro groups is 1. The lowest BCUT2D eigenvalue weighted by Gasteiger charge is -2.34. The Labute approximate surface area is 146 Å². The van der Waals surface area contributed by atoms with Crippen molar-refractivity contribution in [1.82, 2.24) is 0 Å². The van der Waals surface area contributed by atoms with Gasteiger partial charge >= 0.3 is 6.18 Å². The highest BCUT2D eigenvalue weighted by Gasteiger charge is 2.38. The van der Waals surface area contributed by atoms with E-state index >= 15 is 0 Å². The maximum atomic E-state index is 12.8. The van der Waals surface area contributed by atoms with Crippen LogP contribution in [0.15, 0.2) is 18.2 Å². The number of benzene rings is 1. The van der Waals surface area contributed by atoms with Crippen LogP contribution in [0.2, 0.25) is 0 Å². The first-order chi connectivity index (χ1) is 11.8. The zero-order valence-electron chi connectivity index (χ0n) is 15.3. The van der Waals surface area contributed by atoms with Gasteiger partial charge in [-0.15, -0.1) is 0 Å². The highest BCUT2D eigenvalue weighted by Crippen LogP contribution is 2.38. The second kappa shape index (κ2) is 10.9. The van der Waals surface area contributed by atoms with E-state index in [4.69, 9.17) is 4.74 Å². The van der Waals surface area contributed by atoms with Crippen LogP contribution in [0.3, 0.4) is 0 Å². The number of nitrogens with one attached hydrogen (secondary N) is 1. The molecule has 1 aromatic rings. The minimum atomic E-state index is -4.75. The number of anilines is 1. The fourth-order valence-electron chi connectivity index (χ4n) is 2.33. The van der Waals surface area contributed by atoms with Gasteiger partial charge in [0.25, 0.3) is 5.69 Å². The number of halogens is 3. The van der Waals surface area contributed by atoms with Gasteiger partial charge in [0, 0.05) is 25.4 Å². The first-order valence-electron chi connectivity index (χ1n) is 8.43. The molecule has 2 rings (SSSR count). The monoisotopic (exact) mass is 364 g/mol. The molecule has 0 amide bonds. The third-order valence-corrected chi connectivity index (χ3v) is 3.62. The molecule has 0 aliphatic heterocycles. The van der Waals surface area contributed by atoms with Gasteiger partial charge in [-0.1, -0.05) is 27.7 Å². The smallest absolute Gasteiger partial charge is 0.385 e. The zero-order chi connectivity index (χ0) is 19.6. The van der Waals surface area contributed by atoms with E-state index in [-0.39, 0.29) is 11.8 Å². The molecule has 1 saturated carbocycles.